The van der Waals surface area contributed by atoms with Crippen LogP contribution >= 0.6 is 11.6 Å². The average molecular weight is 475 g/mol. The first kappa shape index (κ1) is 24.0. The lowest BCUT2D eigenvalue weighted by Crippen LogP contribution is -2.48. The number of benzene rings is 3. The molecule has 0 fully saturated rings. The van der Waals surface area contributed by atoms with Crippen molar-refractivity contribution >= 4 is 34.8 Å². The molecule has 0 unspecified atom stereocenters. The monoisotopic (exact) mass is 474 g/mol. The Labute approximate surface area is 207 Å². The number of para-hydroxylation sites is 1. The van der Waals surface area contributed by atoms with Crippen molar-refractivity contribution in [1.29, 1.82) is 0 Å². The summed E-state index contributed by atoms with van der Waals surface area (Å²) in [5.74, 6) is -0.335. The van der Waals surface area contributed by atoms with Crippen LogP contribution in [0.2, 0.25) is 5.02 Å². The van der Waals surface area contributed by atoms with E-state index in [-0.39, 0.29) is 29.8 Å². The van der Waals surface area contributed by atoms with Crippen LogP contribution in [-0.2, 0) is 11.2 Å². The quantitative estimate of drug-likeness (QED) is 0.405. The van der Waals surface area contributed by atoms with E-state index in [9.17, 15) is 9.59 Å². The predicted octanol–water partition coefficient (Wildman–Crippen LogP) is 6.87. The molecule has 4 rings (SSSR count). The van der Waals surface area contributed by atoms with Gasteiger partial charge in [0.1, 0.15) is 0 Å². The third kappa shape index (κ3) is 4.60. The lowest BCUT2D eigenvalue weighted by Gasteiger charge is -2.41. The fourth-order valence-electron chi connectivity index (χ4n) is 4.83. The minimum atomic E-state index is -0.337. The normalized spacial score (nSPS) is 17.4. The second-order valence-electron chi connectivity index (χ2n) is 9.20. The number of hydrogen-bond acceptors (Lipinski definition) is 2. The number of anilines is 2. The van der Waals surface area contributed by atoms with E-state index in [1.54, 1.807) is 12.1 Å². The van der Waals surface area contributed by atoms with Crippen molar-refractivity contribution in [2.75, 3.05) is 9.80 Å². The molecule has 0 aliphatic carbocycles. The van der Waals surface area contributed by atoms with Gasteiger partial charge in [0.25, 0.3) is 5.91 Å². The van der Waals surface area contributed by atoms with Crippen molar-refractivity contribution in [1.82, 2.24) is 0 Å². The number of halogens is 1. The summed E-state index contributed by atoms with van der Waals surface area (Å²) in [4.78, 5) is 31.2. The highest BCUT2D eigenvalue weighted by Gasteiger charge is 2.39. The van der Waals surface area contributed by atoms with Gasteiger partial charge in [-0.1, -0.05) is 48.9 Å². The Hall–Kier alpha value is -3.11. The SMILES string of the molecule is CCc1ccc(C(=O)N2c3ccccc3[C@@H](C(=O)N(c3ccc(Cl)cc3)C(C)C)C[C@@H]2C)cc1. The fourth-order valence-corrected chi connectivity index (χ4v) is 4.95. The molecule has 2 amide bonds. The highest BCUT2D eigenvalue weighted by molar-refractivity contribution is 6.30. The molecule has 0 radical (unpaired) electrons. The molecule has 0 N–H and O–H groups in total. The molecule has 0 bridgehead atoms. The van der Waals surface area contributed by atoms with Crippen LogP contribution in [0.5, 0.6) is 0 Å². The minimum Gasteiger partial charge on any atom is -0.309 e. The van der Waals surface area contributed by atoms with Gasteiger partial charge in [-0.15, -0.1) is 0 Å². The van der Waals surface area contributed by atoms with Crippen molar-refractivity contribution < 1.29 is 9.59 Å². The third-order valence-electron chi connectivity index (χ3n) is 6.57. The van der Waals surface area contributed by atoms with Crippen LogP contribution in [0.15, 0.2) is 72.8 Å². The Morgan fingerprint density at radius 1 is 1.00 bits per heavy atom. The summed E-state index contributed by atoms with van der Waals surface area (Å²) in [6.45, 7) is 8.15. The van der Waals surface area contributed by atoms with Gasteiger partial charge in [0.05, 0.1) is 5.92 Å². The second kappa shape index (κ2) is 10.0. The van der Waals surface area contributed by atoms with E-state index in [2.05, 4.69) is 6.92 Å². The molecule has 0 spiro atoms. The summed E-state index contributed by atoms with van der Waals surface area (Å²) in [5.41, 5.74) is 4.38. The number of hydrogen-bond donors (Lipinski definition) is 0. The molecule has 176 valence electrons. The smallest absolute Gasteiger partial charge is 0.258 e. The van der Waals surface area contributed by atoms with E-state index in [0.717, 1.165) is 23.4 Å². The highest BCUT2D eigenvalue weighted by atomic mass is 35.5. The highest BCUT2D eigenvalue weighted by Crippen LogP contribution is 2.41. The van der Waals surface area contributed by atoms with Crippen molar-refractivity contribution in [3.63, 3.8) is 0 Å². The van der Waals surface area contributed by atoms with Gasteiger partial charge in [0.15, 0.2) is 0 Å². The minimum absolute atomic E-state index is 0.0205. The maximum atomic E-state index is 13.9. The Kier molecular flexibility index (Phi) is 7.08. The van der Waals surface area contributed by atoms with Crippen LogP contribution in [0.3, 0.4) is 0 Å². The standard InChI is InChI=1S/C29H31ClN2O2/c1-5-21-10-12-22(13-11-21)28(33)32-20(4)18-26(25-8-6-7-9-27(25)32)29(34)31(19(2)3)24-16-14-23(30)15-17-24/h6-17,19-20,26H,5,18H2,1-4H3/t20-,26-/m0/s1. The summed E-state index contributed by atoms with van der Waals surface area (Å²) < 4.78 is 0. The summed E-state index contributed by atoms with van der Waals surface area (Å²) >= 11 is 6.08. The van der Waals surface area contributed by atoms with Gasteiger partial charge < -0.3 is 9.80 Å². The zero-order valence-corrected chi connectivity index (χ0v) is 20.9. The topological polar surface area (TPSA) is 40.6 Å². The predicted molar refractivity (Wildman–Crippen MR) is 140 cm³/mol. The molecular weight excluding hydrogens is 444 g/mol. The number of nitrogens with zero attached hydrogens (tertiary/aromatic N) is 2. The average Bonchev–Trinajstić information content (AvgIpc) is 2.84. The first-order chi connectivity index (χ1) is 16.3. The lowest BCUT2D eigenvalue weighted by molar-refractivity contribution is -0.120. The summed E-state index contributed by atoms with van der Waals surface area (Å²) in [7, 11) is 0. The Morgan fingerprint density at radius 3 is 2.26 bits per heavy atom. The molecule has 1 aliphatic rings. The van der Waals surface area contributed by atoms with Gasteiger partial charge in [0, 0.05) is 34.0 Å². The Bertz CT molecular complexity index is 1170. The Balaban J connectivity index is 1.70. The van der Waals surface area contributed by atoms with E-state index < -0.39 is 0 Å². The maximum absolute atomic E-state index is 13.9. The molecule has 2 atom stereocenters. The third-order valence-corrected chi connectivity index (χ3v) is 6.83. The lowest BCUT2D eigenvalue weighted by atomic mass is 9.84. The van der Waals surface area contributed by atoms with Gasteiger partial charge in [-0.2, -0.15) is 0 Å². The van der Waals surface area contributed by atoms with Gasteiger partial charge >= 0.3 is 0 Å². The molecule has 3 aromatic carbocycles. The van der Waals surface area contributed by atoms with Crippen molar-refractivity contribution in [2.45, 2.75) is 58.5 Å². The summed E-state index contributed by atoms with van der Waals surface area (Å²) in [6.07, 6.45) is 1.49. The molecule has 1 heterocycles. The van der Waals surface area contributed by atoms with Crippen LogP contribution < -0.4 is 9.80 Å². The first-order valence-corrected chi connectivity index (χ1v) is 12.3. The largest absolute Gasteiger partial charge is 0.309 e. The second-order valence-corrected chi connectivity index (χ2v) is 9.64. The Morgan fingerprint density at radius 2 is 1.65 bits per heavy atom. The van der Waals surface area contributed by atoms with E-state index in [1.165, 1.54) is 5.56 Å². The zero-order valence-electron chi connectivity index (χ0n) is 20.2. The molecule has 0 saturated heterocycles. The molecule has 0 saturated carbocycles. The van der Waals surface area contributed by atoms with Crippen LogP contribution in [0, 0.1) is 0 Å². The number of amides is 2. The number of aryl methyl sites for hydroxylation is 1. The van der Waals surface area contributed by atoms with Crippen LogP contribution in [0.1, 0.15) is 61.5 Å². The molecule has 4 nitrogen and oxygen atoms in total. The van der Waals surface area contributed by atoms with Crippen molar-refractivity contribution in [2.24, 2.45) is 0 Å². The fraction of sp³-hybridized carbons (Fsp3) is 0.310. The van der Waals surface area contributed by atoms with Crippen LogP contribution in [0.4, 0.5) is 11.4 Å². The molecule has 0 aromatic heterocycles. The van der Waals surface area contributed by atoms with Gasteiger partial charge in [-0.05, 0) is 87.2 Å². The van der Waals surface area contributed by atoms with Crippen LogP contribution in [0.25, 0.3) is 0 Å². The number of carbonyl (C=O) groups is 2. The van der Waals surface area contributed by atoms with Crippen molar-refractivity contribution in [3.8, 4) is 0 Å². The molecule has 5 heteroatoms. The van der Waals surface area contributed by atoms with E-state index >= 15 is 0 Å². The maximum Gasteiger partial charge on any atom is 0.258 e. The van der Waals surface area contributed by atoms with E-state index in [4.69, 9.17) is 11.6 Å². The first-order valence-electron chi connectivity index (χ1n) is 11.9. The van der Waals surface area contributed by atoms with E-state index in [0.29, 0.717) is 17.0 Å². The number of rotatable bonds is 5. The van der Waals surface area contributed by atoms with Gasteiger partial charge in [0.2, 0.25) is 5.91 Å². The summed E-state index contributed by atoms with van der Waals surface area (Å²) in [5, 5.41) is 0.637. The zero-order chi connectivity index (χ0) is 24.4. The molecule has 3 aromatic rings. The molecule has 34 heavy (non-hydrogen) atoms. The molecular formula is C29H31ClN2O2. The van der Waals surface area contributed by atoms with E-state index in [1.807, 2.05) is 91.2 Å². The number of fused-ring (bicyclic) bond motifs is 1. The van der Waals surface area contributed by atoms with Gasteiger partial charge in [-0.3, -0.25) is 9.59 Å². The van der Waals surface area contributed by atoms with Crippen LogP contribution in [-0.4, -0.2) is 23.9 Å². The number of carbonyl (C=O) groups excluding carboxylic acids is 2. The van der Waals surface area contributed by atoms with Crippen molar-refractivity contribution in [3.05, 3.63) is 94.5 Å². The summed E-state index contributed by atoms with van der Waals surface area (Å²) in [6, 6.07) is 22.8. The van der Waals surface area contributed by atoms with Gasteiger partial charge in [-0.25, -0.2) is 0 Å². The molecule has 1 aliphatic heterocycles.